The molecule has 5 heteroatoms. The van der Waals surface area contributed by atoms with E-state index in [-0.39, 0.29) is 17.7 Å². The highest BCUT2D eigenvalue weighted by molar-refractivity contribution is 6.17. The number of benzene rings is 2. The van der Waals surface area contributed by atoms with Gasteiger partial charge in [0.2, 0.25) is 5.91 Å². The van der Waals surface area contributed by atoms with Gasteiger partial charge in [0.05, 0.1) is 18.6 Å². The third-order valence-corrected chi connectivity index (χ3v) is 4.40. The van der Waals surface area contributed by atoms with E-state index in [0.717, 1.165) is 0 Å². The van der Waals surface area contributed by atoms with E-state index >= 15 is 0 Å². The number of carbonyl (C=O) groups excluding carboxylic acids is 2. The number of hydrogen-bond donors (Lipinski definition) is 1. The van der Waals surface area contributed by atoms with Gasteiger partial charge in [-0.3, -0.25) is 9.59 Å². The van der Waals surface area contributed by atoms with E-state index in [1.807, 2.05) is 32.0 Å². The largest absolute Gasteiger partial charge is 0.497 e. The van der Waals surface area contributed by atoms with Gasteiger partial charge in [-0.05, 0) is 39.0 Å². The summed E-state index contributed by atoms with van der Waals surface area (Å²) in [6, 6.07) is 14.3. The van der Waals surface area contributed by atoms with Crippen LogP contribution in [0.4, 0.5) is 0 Å². The molecule has 0 spiro atoms. The standard InChI is InChI=1S/C22H23NO4/c1-13(2)23-22(25)14(3)21-19(20(24)15-8-6-5-7-9-15)17-12-16(26-4)10-11-18(17)27-21/h5-14H,1-4H3,(H,23,25). The number of amides is 1. The van der Waals surface area contributed by atoms with Crippen LogP contribution in [0.2, 0.25) is 0 Å². The molecule has 0 bridgehead atoms. The second kappa shape index (κ2) is 7.66. The van der Waals surface area contributed by atoms with Crippen LogP contribution in [0.15, 0.2) is 52.9 Å². The summed E-state index contributed by atoms with van der Waals surface area (Å²) < 4.78 is 11.3. The molecule has 0 aliphatic rings. The van der Waals surface area contributed by atoms with Gasteiger partial charge < -0.3 is 14.5 Å². The van der Waals surface area contributed by atoms with E-state index in [2.05, 4.69) is 5.32 Å². The number of ketones is 1. The van der Waals surface area contributed by atoms with E-state index in [1.165, 1.54) is 0 Å². The summed E-state index contributed by atoms with van der Waals surface area (Å²) in [6.45, 7) is 5.53. The number of rotatable bonds is 6. The van der Waals surface area contributed by atoms with Crippen molar-refractivity contribution in [3.8, 4) is 5.75 Å². The number of carbonyl (C=O) groups is 2. The van der Waals surface area contributed by atoms with E-state index in [9.17, 15) is 9.59 Å². The molecule has 1 heterocycles. The van der Waals surface area contributed by atoms with E-state index in [4.69, 9.17) is 9.15 Å². The topological polar surface area (TPSA) is 68.5 Å². The fraction of sp³-hybridized carbons (Fsp3) is 0.273. The maximum Gasteiger partial charge on any atom is 0.230 e. The molecule has 1 N–H and O–H groups in total. The van der Waals surface area contributed by atoms with Crippen molar-refractivity contribution in [2.24, 2.45) is 0 Å². The van der Waals surface area contributed by atoms with Crippen molar-refractivity contribution < 1.29 is 18.7 Å². The molecule has 1 unspecified atom stereocenters. The van der Waals surface area contributed by atoms with Crippen LogP contribution in [-0.4, -0.2) is 24.8 Å². The van der Waals surface area contributed by atoms with Crippen LogP contribution < -0.4 is 10.1 Å². The Balaban J connectivity index is 2.17. The number of furan rings is 1. The Morgan fingerprint density at radius 2 is 1.74 bits per heavy atom. The Labute approximate surface area is 158 Å². The van der Waals surface area contributed by atoms with Crippen LogP contribution in [0.5, 0.6) is 5.75 Å². The molecule has 2 aromatic carbocycles. The summed E-state index contributed by atoms with van der Waals surface area (Å²) in [7, 11) is 1.57. The third kappa shape index (κ3) is 3.72. The Bertz CT molecular complexity index is 973. The van der Waals surface area contributed by atoms with Crippen molar-refractivity contribution in [2.45, 2.75) is 32.7 Å². The third-order valence-electron chi connectivity index (χ3n) is 4.40. The molecule has 1 atom stereocenters. The average Bonchev–Trinajstić information content (AvgIpc) is 3.05. The molecule has 1 amide bonds. The molecule has 0 saturated carbocycles. The molecule has 0 aliphatic carbocycles. The molecule has 0 saturated heterocycles. The first-order chi connectivity index (χ1) is 12.9. The quantitative estimate of drug-likeness (QED) is 0.661. The van der Waals surface area contributed by atoms with Gasteiger partial charge in [-0.1, -0.05) is 30.3 Å². The molecular formula is C22H23NO4. The highest BCUT2D eigenvalue weighted by Gasteiger charge is 2.29. The molecule has 1 aromatic heterocycles. The summed E-state index contributed by atoms with van der Waals surface area (Å²) in [4.78, 5) is 25.8. The van der Waals surface area contributed by atoms with Crippen molar-refractivity contribution in [1.82, 2.24) is 5.32 Å². The lowest BCUT2D eigenvalue weighted by molar-refractivity contribution is -0.123. The van der Waals surface area contributed by atoms with E-state index in [0.29, 0.717) is 33.6 Å². The average molecular weight is 365 g/mol. The minimum Gasteiger partial charge on any atom is -0.497 e. The molecule has 0 fully saturated rings. The summed E-state index contributed by atoms with van der Waals surface area (Å²) in [5.74, 6) is 0.0230. The van der Waals surface area contributed by atoms with Crippen LogP contribution in [-0.2, 0) is 4.79 Å². The van der Waals surface area contributed by atoms with Gasteiger partial charge in [-0.25, -0.2) is 0 Å². The van der Waals surface area contributed by atoms with E-state index < -0.39 is 5.92 Å². The number of fused-ring (bicyclic) bond motifs is 1. The summed E-state index contributed by atoms with van der Waals surface area (Å²) in [5.41, 5.74) is 1.50. The lowest BCUT2D eigenvalue weighted by Gasteiger charge is -2.14. The number of ether oxygens (including phenoxy) is 1. The van der Waals surface area contributed by atoms with Crippen LogP contribution >= 0.6 is 0 Å². The molecule has 140 valence electrons. The van der Waals surface area contributed by atoms with Gasteiger partial charge in [0.25, 0.3) is 0 Å². The zero-order chi connectivity index (χ0) is 19.6. The Morgan fingerprint density at radius 1 is 1.04 bits per heavy atom. The number of hydrogen-bond acceptors (Lipinski definition) is 4. The van der Waals surface area contributed by atoms with Crippen LogP contribution in [0.1, 0.15) is 48.4 Å². The normalized spacial score (nSPS) is 12.2. The van der Waals surface area contributed by atoms with Crippen LogP contribution in [0, 0.1) is 0 Å². The second-order valence-corrected chi connectivity index (χ2v) is 6.78. The van der Waals surface area contributed by atoms with E-state index in [1.54, 1.807) is 44.4 Å². The summed E-state index contributed by atoms with van der Waals surface area (Å²) >= 11 is 0. The highest BCUT2D eigenvalue weighted by atomic mass is 16.5. The van der Waals surface area contributed by atoms with Crippen molar-refractivity contribution in [2.75, 3.05) is 7.11 Å². The highest BCUT2D eigenvalue weighted by Crippen LogP contribution is 2.35. The first kappa shape index (κ1) is 18.7. The molecular weight excluding hydrogens is 342 g/mol. The monoisotopic (exact) mass is 365 g/mol. The summed E-state index contributed by atoms with van der Waals surface area (Å²) in [6.07, 6.45) is 0. The van der Waals surface area contributed by atoms with Crippen LogP contribution in [0.25, 0.3) is 11.0 Å². The zero-order valence-electron chi connectivity index (χ0n) is 15.9. The smallest absolute Gasteiger partial charge is 0.230 e. The SMILES string of the molecule is COc1ccc2oc(C(C)C(=O)NC(C)C)c(C(=O)c3ccccc3)c2c1. The minimum absolute atomic E-state index is 0.00213. The molecule has 0 aliphatic heterocycles. The lowest BCUT2D eigenvalue weighted by atomic mass is 9.95. The first-order valence-electron chi connectivity index (χ1n) is 8.93. The minimum atomic E-state index is -0.603. The zero-order valence-corrected chi connectivity index (χ0v) is 15.9. The fourth-order valence-corrected chi connectivity index (χ4v) is 3.02. The molecule has 0 radical (unpaired) electrons. The van der Waals surface area contributed by atoms with Gasteiger partial charge in [0, 0.05) is 17.0 Å². The first-order valence-corrected chi connectivity index (χ1v) is 8.93. The Hall–Kier alpha value is -3.08. The molecule has 3 rings (SSSR count). The fourth-order valence-electron chi connectivity index (χ4n) is 3.02. The van der Waals surface area contributed by atoms with Crippen molar-refractivity contribution >= 4 is 22.7 Å². The van der Waals surface area contributed by atoms with Gasteiger partial charge in [0.1, 0.15) is 17.1 Å². The van der Waals surface area contributed by atoms with Crippen molar-refractivity contribution in [1.29, 1.82) is 0 Å². The van der Waals surface area contributed by atoms with Crippen LogP contribution in [0.3, 0.4) is 0 Å². The maximum absolute atomic E-state index is 13.3. The summed E-state index contributed by atoms with van der Waals surface area (Å²) in [5, 5.41) is 3.52. The van der Waals surface area contributed by atoms with Gasteiger partial charge in [0.15, 0.2) is 5.78 Å². The van der Waals surface area contributed by atoms with Gasteiger partial charge in [-0.2, -0.15) is 0 Å². The number of nitrogens with one attached hydrogen (secondary N) is 1. The number of methoxy groups -OCH3 is 1. The predicted molar refractivity (Wildman–Crippen MR) is 104 cm³/mol. The van der Waals surface area contributed by atoms with Gasteiger partial charge >= 0.3 is 0 Å². The second-order valence-electron chi connectivity index (χ2n) is 6.78. The van der Waals surface area contributed by atoms with Crippen molar-refractivity contribution in [3.05, 3.63) is 65.4 Å². The Kier molecular flexibility index (Phi) is 5.31. The predicted octanol–water partition coefficient (Wildman–Crippen LogP) is 4.30. The van der Waals surface area contributed by atoms with Gasteiger partial charge in [-0.15, -0.1) is 0 Å². The Morgan fingerprint density at radius 3 is 2.37 bits per heavy atom. The maximum atomic E-state index is 13.3. The molecule has 5 nitrogen and oxygen atoms in total. The molecule has 3 aromatic rings. The lowest BCUT2D eigenvalue weighted by Crippen LogP contribution is -2.33. The van der Waals surface area contributed by atoms with Crippen molar-refractivity contribution in [3.63, 3.8) is 0 Å². The molecule has 27 heavy (non-hydrogen) atoms.